The molecular weight excluding hydrogens is 250 g/mol. The van der Waals surface area contributed by atoms with Crippen LogP contribution in [0.3, 0.4) is 0 Å². The predicted octanol–water partition coefficient (Wildman–Crippen LogP) is 3.35. The Hall–Kier alpha value is -1.71. The van der Waals surface area contributed by atoms with Crippen molar-refractivity contribution in [2.75, 3.05) is 5.32 Å². The SMILES string of the molecule is Cc1c2c(c3c(nc4n3CC(C)N4)c1C)C(C)C(C)O2. The number of benzene rings is 1. The molecule has 4 rings (SSSR count). The Balaban J connectivity index is 2.12. The molecule has 4 heteroatoms. The molecule has 0 bridgehead atoms. The maximum absolute atomic E-state index is 6.13. The summed E-state index contributed by atoms with van der Waals surface area (Å²) in [6.07, 6.45) is 0.242. The van der Waals surface area contributed by atoms with E-state index in [4.69, 9.17) is 9.72 Å². The van der Waals surface area contributed by atoms with Crippen LogP contribution in [0.4, 0.5) is 5.95 Å². The summed E-state index contributed by atoms with van der Waals surface area (Å²) in [7, 11) is 0. The molecule has 0 saturated carbocycles. The van der Waals surface area contributed by atoms with Crippen molar-refractivity contribution in [2.24, 2.45) is 0 Å². The topological polar surface area (TPSA) is 39.1 Å². The van der Waals surface area contributed by atoms with Crippen LogP contribution in [-0.2, 0) is 6.54 Å². The average molecular weight is 271 g/mol. The minimum Gasteiger partial charge on any atom is -0.489 e. The molecule has 3 heterocycles. The lowest BCUT2D eigenvalue weighted by atomic mass is 9.93. The van der Waals surface area contributed by atoms with E-state index in [1.165, 1.54) is 22.2 Å². The summed E-state index contributed by atoms with van der Waals surface area (Å²) in [6, 6.07) is 0.453. The van der Waals surface area contributed by atoms with Gasteiger partial charge >= 0.3 is 0 Å². The highest BCUT2D eigenvalue weighted by Crippen LogP contribution is 2.47. The normalized spacial score (nSPS) is 27.4. The molecule has 106 valence electrons. The Morgan fingerprint density at radius 3 is 2.70 bits per heavy atom. The van der Waals surface area contributed by atoms with Gasteiger partial charge in [-0.25, -0.2) is 4.98 Å². The van der Waals surface area contributed by atoms with E-state index in [-0.39, 0.29) is 6.10 Å². The minimum absolute atomic E-state index is 0.242. The van der Waals surface area contributed by atoms with E-state index in [9.17, 15) is 0 Å². The minimum atomic E-state index is 0.242. The first-order chi connectivity index (χ1) is 9.49. The maximum atomic E-state index is 6.13. The summed E-state index contributed by atoms with van der Waals surface area (Å²) in [5, 5.41) is 3.46. The highest BCUT2D eigenvalue weighted by Gasteiger charge is 2.35. The van der Waals surface area contributed by atoms with Crippen molar-refractivity contribution < 1.29 is 4.74 Å². The fourth-order valence-electron chi connectivity index (χ4n) is 3.57. The second-order valence-electron chi connectivity index (χ2n) is 6.39. The van der Waals surface area contributed by atoms with E-state index in [1.807, 2.05) is 0 Å². The Morgan fingerprint density at radius 1 is 1.20 bits per heavy atom. The molecule has 3 unspecified atom stereocenters. The molecule has 2 aromatic rings. The summed E-state index contributed by atoms with van der Waals surface area (Å²) in [6.45, 7) is 11.9. The lowest BCUT2D eigenvalue weighted by Gasteiger charge is -2.12. The fraction of sp³-hybridized carbons (Fsp3) is 0.562. The standard InChI is InChI=1S/C16H21N3O/c1-7-6-19-14-12-10(4)11(5)20-15(12)9(3)8(2)13(14)18-16(19)17-7/h7,10-11H,6H2,1-5H3,(H,17,18). The van der Waals surface area contributed by atoms with Gasteiger partial charge in [0.1, 0.15) is 11.9 Å². The van der Waals surface area contributed by atoms with E-state index in [2.05, 4.69) is 44.5 Å². The molecule has 0 saturated heterocycles. The third kappa shape index (κ3) is 1.29. The van der Waals surface area contributed by atoms with Crippen molar-refractivity contribution in [3.8, 4) is 5.75 Å². The van der Waals surface area contributed by atoms with Crippen molar-refractivity contribution in [3.05, 3.63) is 16.7 Å². The molecule has 1 aromatic carbocycles. The molecule has 1 N–H and O–H groups in total. The van der Waals surface area contributed by atoms with Crippen LogP contribution in [0.15, 0.2) is 0 Å². The van der Waals surface area contributed by atoms with Crippen LogP contribution >= 0.6 is 0 Å². The molecule has 0 radical (unpaired) electrons. The van der Waals surface area contributed by atoms with Gasteiger partial charge in [0.15, 0.2) is 0 Å². The lowest BCUT2D eigenvalue weighted by Crippen LogP contribution is -2.12. The van der Waals surface area contributed by atoms with Gasteiger partial charge in [-0.15, -0.1) is 0 Å². The summed E-state index contributed by atoms with van der Waals surface area (Å²) in [4.78, 5) is 4.84. The largest absolute Gasteiger partial charge is 0.489 e. The van der Waals surface area contributed by atoms with Crippen LogP contribution < -0.4 is 10.1 Å². The summed E-state index contributed by atoms with van der Waals surface area (Å²) in [5.74, 6) is 2.52. The van der Waals surface area contributed by atoms with Gasteiger partial charge in [0.25, 0.3) is 0 Å². The van der Waals surface area contributed by atoms with Crippen LogP contribution in [-0.4, -0.2) is 21.7 Å². The third-order valence-electron chi connectivity index (χ3n) is 5.02. The van der Waals surface area contributed by atoms with E-state index in [1.54, 1.807) is 0 Å². The lowest BCUT2D eigenvalue weighted by molar-refractivity contribution is 0.231. The van der Waals surface area contributed by atoms with Crippen molar-refractivity contribution in [1.29, 1.82) is 0 Å². The molecule has 1 aromatic heterocycles. The van der Waals surface area contributed by atoms with Crippen LogP contribution in [0.5, 0.6) is 5.75 Å². The van der Waals surface area contributed by atoms with E-state index < -0.39 is 0 Å². The molecule has 0 fully saturated rings. The van der Waals surface area contributed by atoms with Crippen molar-refractivity contribution in [3.63, 3.8) is 0 Å². The van der Waals surface area contributed by atoms with Crippen molar-refractivity contribution in [2.45, 2.75) is 59.2 Å². The molecular formula is C16H21N3O. The first-order valence-corrected chi connectivity index (χ1v) is 7.45. The number of nitrogens with zero attached hydrogens (tertiary/aromatic N) is 2. The van der Waals surface area contributed by atoms with Crippen LogP contribution in [0.2, 0.25) is 0 Å². The first kappa shape index (κ1) is 12.1. The van der Waals surface area contributed by atoms with Crippen molar-refractivity contribution >= 4 is 17.0 Å². The van der Waals surface area contributed by atoms with E-state index >= 15 is 0 Å². The number of nitrogens with one attached hydrogen (secondary N) is 1. The second kappa shape index (κ2) is 3.68. The molecule has 4 nitrogen and oxygen atoms in total. The van der Waals surface area contributed by atoms with E-state index in [0.717, 1.165) is 23.8 Å². The van der Waals surface area contributed by atoms with Gasteiger partial charge in [0.2, 0.25) is 5.95 Å². The quantitative estimate of drug-likeness (QED) is 0.798. The molecule has 20 heavy (non-hydrogen) atoms. The number of anilines is 1. The highest BCUT2D eigenvalue weighted by molar-refractivity contribution is 5.90. The summed E-state index contributed by atoms with van der Waals surface area (Å²) < 4.78 is 8.47. The number of rotatable bonds is 0. The van der Waals surface area contributed by atoms with Crippen molar-refractivity contribution in [1.82, 2.24) is 9.55 Å². The fourth-order valence-corrected chi connectivity index (χ4v) is 3.57. The highest BCUT2D eigenvalue weighted by atomic mass is 16.5. The maximum Gasteiger partial charge on any atom is 0.204 e. The Labute approximate surface area is 119 Å². The number of hydrogen-bond acceptors (Lipinski definition) is 3. The van der Waals surface area contributed by atoms with Gasteiger partial charge in [-0.1, -0.05) is 6.92 Å². The average Bonchev–Trinajstić information content (AvgIpc) is 3.00. The molecule has 3 atom stereocenters. The Morgan fingerprint density at radius 2 is 1.95 bits per heavy atom. The van der Waals surface area contributed by atoms with Crippen LogP contribution in [0, 0.1) is 13.8 Å². The zero-order valence-electron chi connectivity index (χ0n) is 12.7. The molecule has 0 amide bonds. The van der Waals surface area contributed by atoms with Gasteiger partial charge in [0.05, 0.1) is 11.0 Å². The first-order valence-electron chi connectivity index (χ1n) is 7.45. The van der Waals surface area contributed by atoms with Gasteiger partial charge in [-0.3, -0.25) is 0 Å². The number of ether oxygens (including phenoxy) is 1. The summed E-state index contributed by atoms with van der Waals surface area (Å²) >= 11 is 0. The summed E-state index contributed by atoms with van der Waals surface area (Å²) in [5.41, 5.74) is 6.27. The Kier molecular flexibility index (Phi) is 2.22. The molecule has 0 aliphatic carbocycles. The monoisotopic (exact) mass is 271 g/mol. The van der Waals surface area contributed by atoms with Gasteiger partial charge in [0, 0.05) is 24.1 Å². The predicted molar refractivity (Wildman–Crippen MR) is 80.8 cm³/mol. The number of imidazole rings is 1. The van der Waals surface area contributed by atoms with Gasteiger partial charge in [-0.2, -0.15) is 0 Å². The number of aryl methyl sites for hydroxylation is 1. The second-order valence-corrected chi connectivity index (χ2v) is 6.39. The number of hydrogen-bond donors (Lipinski definition) is 1. The number of fused-ring (bicyclic) bond motifs is 5. The van der Waals surface area contributed by atoms with E-state index in [0.29, 0.717) is 12.0 Å². The smallest absolute Gasteiger partial charge is 0.204 e. The third-order valence-corrected chi connectivity index (χ3v) is 5.02. The Bertz CT molecular complexity index is 731. The van der Waals surface area contributed by atoms with Crippen LogP contribution in [0.25, 0.3) is 11.0 Å². The molecule has 2 aliphatic heterocycles. The zero-order chi connectivity index (χ0) is 14.2. The molecule has 0 spiro atoms. The van der Waals surface area contributed by atoms with Crippen LogP contribution in [0.1, 0.15) is 43.4 Å². The zero-order valence-corrected chi connectivity index (χ0v) is 12.7. The van der Waals surface area contributed by atoms with Gasteiger partial charge < -0.3 is 14.6 Å². The number of aromatic nitrogens is 2. The van der Waals surface area contributed by atoms with Gasteiger partial charge in [-0.05, 0) is 38.8 Å². The molecule has 2 aliphatic rings.